The van der Waals surface area contributed by atoms with Gasteiger partial charge < -0.3 is 9.84 Å². The number of thiazole rings is 2. The molecule has 1 fully saturated rings. The highest BCUT2D eigenvalue weighted by Gasteiger charge is 2.25. The fourth-order valence-electron chi connectivity index (χ4n) is 2.65. The number of carboxylic acids is 1. The molecule has 1 aliphatic rings. The Morgan fingerprint density at radius 1 is 1.59 bits per heavy atom. The smallest absolute Gasteiger partial charge is 0.355 e. The number of nitrogens with zero attached hydrogens (tertiary/aromatic N) is 3. The fraction of sp³-hybridized carbons (Fsp3) is 0.500. The topological polar surface area (TPSA) is 75.5 Å². The van der Waals surface area contributed by atoms with E-state index < -0.39 is 5.97 Å². The summed E-state index contributed by atoms with van der Waals surface area (Å²) in [5.74, 6) is -0.631. The van der Waals surface area contributed by atoms with Crippen molar-refractivity contribution in [3.63, 3.8) is 0 Å². The van der Waals surface area contributed by atoms with Gasteiger partial charge >= 0.3 is 5.97 Å². The molecule has 0 saturated carbocycles. The van der Waals surface area contributed by atoms with E-state index in [1.54, 1.807) is 23.8 Å². The number of ether oxygens (including phenoxy) is 1. The standard InChI is InChI=1S/C14H17N3O3S2/c1-20-14-15-5-10(22-14)7-17-4-2-3-9(6-17)12-16-11(8-21-12)13(18)19/h5,8-9H,2-4,6-7H2,1H3,(H,18,19). The monoisotopic (exact) mass is 339 g/mol. The van der Waals surface area contributed by atoms with Crippen molar-refractivity contribution in [2.45, 2.75) is 25.3 Å². The number of rotatable bonds is 5. The Morgan fingerprint density at radius 3 is 3.14 bits per heavy atom. The summed E-state index contributed by atoms with van der Waals surface area (Å²) < 4.78 is 5.12. The molecular weight excluding hydrogens is 322 g/mol. The molecule has 0 bridgehead atoms. The van der Waals surface area contributed by atoms with E-state index in [1.807, 2.05) is 6.20 Å². The highest BCUT2D eigenvalue weighted by atomic mass is 32.1. The van der Waals surface area contributed by atoms with Gasteiger partial charge in [-0.05, 0) is 19.4 Å². The number of hydrogen-bond donors (Lipinski definition) is 1. The van der Waals surface area contributed by atoms with Crippen molar-refractivity contribution >= 4 is 28.6 Å². The predicted octanol–water partition coefficient (Wildman–Crippen LogP) is 2.69. The van der Waals surface area contributed by atoms with Crippen LogP contribution in [0.5, 0.6) is 5.19 Å². The van der Waals surface area contributed by atoms with Gasteiger partial charge in [0.25, 0.3) is 5.19 Å². The van der Waals surface area contributed by atoms with Crippen LogP contribution < -0.4 is 4.74 Å². The summed E-state index contributed by atoms with van der Waals surface area (Å²) in [6, 6.07) is 0. The zero-order valence-corrected chi connectivity index (χ0v) is 13.8. The first kappa shape index (κ1) is 15.4. The molecule has 0 spiro atoms. The number of methoxy groups -OCH3 is 1. The van der Waals surface area contributed by atoms with Gasteiger partial charge in [-0.15, -0.1) is 11.3 Å². The highest BCUT2D eigenvalue weighted by molar-refractivity contribution is 7.13. The molecule has 1 unspecified atom stereocenters. The van der Waals surface area contributed by atoms with Crippen molar-refractivity contribution in [1.29, 1.82) is 0 Å². The molecule has 8 heteroatoms. The Balaban J connectivity index is 1.64. The Bertz CT molecular complexity index is 655. The molecule has 0 aromatic carbocycles. The lowest BCUT2D eigenvalue weighted by atomic mass is 9.99. The van der Waals surface area contributed by atoms with E-state index >= 15 is 0 Å². The van der Waals surface area contributed by atoms with E-state index in [1.165, 1.54) is 16.2 Å². The maximum Gasteiger partial charge on any atom is 0.355 e. The van der Waals surface area contributed by atoms with Gasteiger partial charge in [-0.2, -0.15) is 0 Å². The van der Waals surface area contributed by atoms with Crippen LogP contribution in [0.25, 0.3) is 0 Å². The van der Waals surface area contributed by atoms with Gasteiger partial charge in [0.05, 0.1) is 12.1 Å². The molecule has 2 aromatic heterocycles. The predicted molar refractivity (Wildman–Crippen MR) is 85.0 cm³/mol. The Morgan fingerprint density at radius 2 is 2.45 bits per heavy atom. The van der Waals surface area contributed by atoms with E-state index in [9.17, 15) is 4.79 Å². The average molecular weight is 339 g/mol. The molecular formula is C14H17N3O3S2. The van der Waals surface area contributed by atoms with Gasteiger partial charge in [-0.25, -0.2) is 14.8 Å². The van der Waals surface area contributed by atoms with Crippen LogP contribution >= 0.6 is 22.7 Å². The van der Waals surface area contributed by atoms with Crippen molar-refractivity contribution < 1.29 is 14.6 Å². The molecule has 3 rings (SSSR count). The van der Waals surface area contributed by atoms with Crippen LogP contribution in [0.3, 0.4) is 0 Å². The summed E-state index contributed by atoms with van der Waals surface area (Å²) in [6.07, 6.45) is 4.02. The van der Waals surface area contributed by atoms with Gasteiger partial charge in [0.1, 0.15) is 0 Å². The number of carbonyl (C=O) groups is 1. The molecule has 22 heavy (non-hydrogen) atoms. The van der Waals surface area contributed by atoms with Gasteiger partial charge in [-0.3, -0.25) is 4.90 Å². The minimum atomic E-state index is -0.952. The first-order chi connectivity index (χ1) is 10.7. The maximum absolute atomic E-state index is 10.9. The van der Waals surface area contributed by atoms with Crippen LogP contribution in [0.4, 0.5) is 0 Å². The first-order valence-corrected chi connectivity index (χ1v) is 8.75. The Hall–Kier alpha value is -1.51. The minimum absolute atomic E-state index is 0.157. The van der Waals surface area contributed by atoms with Gasteiger partial charge in [0, 0.05) is 35.5 Å². The summed E-state index contributed by atoms with van der Waals surface area (Å²) in [4.78, 5) is 23.0. The normalized spacial score (nSPS) is 19.2. The van der Waals surface area contributed by atoms with Crippen molar-refractivity contribution in [2.24, 2.45) is 0 Å². The lowest BCUT2D eigenvalue weighted by Gasteiger charge is -2.31. The zero-order valence-electron chi connectivity index (χ0n) is 12.2. The van der Waals surface area contributed by atoms with E-state index in [-0.39, 0.29) is 5.69 Å². The van der Waals surface area contributed by atoms with Gasteiger partial charge in [-0.1, -0.05) is 11.3 Å². The molecule has 0 aliphatic carbocycles. The van der Waals surface area contributed by atoms with Crippen LogP contribution in [-0.2, 0) is 6.54 Å². The molecule has 118 valence electrons. The molecule has 2 aromatic rings. The summed E-state index contributed by atoms with van der Waals surface area (Å²) in [5, 5.41) is 12.2. The molecule has 1 saturated heterocycles. The third-order valence-corrected chi connectivity index (χ3v) is 5.63. The average Bonchev–Trinajstić information content (AvgIpc) is 3.16. The van der Waals surface area contributed by atoms with Crippen LogP contribution in [0.15, 0.2) is 11.6 Å². The molecule has 0 radical (unpaired) electrons. The van der Waals surface area contributed by atoms with Crippen molar-refractivity contribution in [1.82, 2.24) is 14.9 Å². The molecule has 0 amide bonds. The first-order valence-electron chi connectivity index (χ1n) is 7.05. The second-order valence-electron chi connectivity index (χ2n) is 5.25. The summed E-state index contributed by atoms with van der Waals surface area (Å²) in [6.45, 7) is 2.81. The van der Waals surface area contributed by atoms with E-state index in [2.05, 4.69) is 14.9 Å². The number of hydrogen-bond acceptors (Lipinski definition) is 7. The molecule has 6 nitrogen and oxygen atoms in total. The number of aromatic carboxylic acids is 1. The Kier molecular flexibility index (Phi) is 4.70. The maximum atomic E-state index is 10.9. The van der Waals surface area contributed by atoms with E-state index in [0.29, 0.717) is 11.1 Å². The zero-order chi connectivity index (χ0) is 15.5. The van der Waals surface area contributed by atoms with Crippen LogP contribution in [0.2, 0.25) is 0 Å². The number of likely N-dealkylation sites (tertiary alicyclic amines) is 1. The quantitative estimate of drug-likeness (QED) is 0.903. The highest BCUT2D eigenvalue weighted by Crippen LogP contribution is 2.31. The molecule has 1 atom stereocenters. The number of aromatic nitrogens is 2. The van der Waals surface area contributed by atoms with Crippen LogP contribution in [0, 0.1) is 0 Å². The molecule has 1 aliphatic heterocycles. The van der Waals surface area contributed by atoms with Crippen molar-refractivity contribution in [2.75, 3.05) is 20.2 Å². The minimum Gasteiger partial charge on any atom is -0.476 e. The third-order valence-electron chi connectivity index (χ3n) is 3.68. The molecule has 3 heterocycles. The third kappa shape index (κ3) is 3.45. The SMILES string of the molecule is COc1ncc(CN2CCCC(c3nc(C(=O)O)cs3)C2)s1. The largest absolute Gasteiger partial charge is 0.476 e. The van der Waals surface area contributed by atoms with E-state index in [4.69, 9.17) is 9.84 Å². The summed E-state index contributed by atoms with van der Waals surface area (Å²) in [5.41, 5.74) is 0.157. The number of carboxylic acid groups (broad SMARTS) is 1. The van der Waals surface area contributed by atoms with Gasteiger partial charge in [0.15, 0.2) is 5.69 Å². The van der Waals surface area contributed by atoms with Crippen molar-refractivity contribution in [3.05, 3.63) is 27.2 Å². The lowest BCUT2D eigenvalue weighted by Crippen LogP contribution is -2.33. The fourth-order valence-corrected chi connectivity index (χ4v) is 4.34. The Labute approximate surface area is 136 Å². The summed E-state index contributed by atoms with van der Waals surface area (Å²) in [7, 11) is 1.63. The second kappa shape index (κ2) is 6.72. The summed E-state index contributed by atoms with van der Waals surface area (Å²) >= 11 is 3.02. The van der Waals surface area contributed by atoms with E-state index in [0.717, 1.165) is 37.5 Å². The lowest BCUT2D eigenvalue weighted by molar-refractivity contribution is 0.0691. The van der Waals surface area contributed by atoms with Gasteiger partial charge in [0.2, 0.25) is 0 Å². The molecule has 1 N–H and O–H groups in total. The second-order valence-corrected chi connectivity index (χ2v) is 7.21. The number of piperidine rings is 1. The van der Waals surface area contributed by atoms with Crippen molar-refractivity contribution in [3.8, 4) is 5.19 Å². The van der Waals surface area contributed by atoms with Crippen LogP contribution in [0.1, 0.15) is 39.1 Å². The van der Waals surface area contributed by atoms with Crippen LogP contribution in [-0.4, -0.2) is 46.1 Å².